The summed E-state index contributed by atoms with van der Waals surface area (Å²) in [6.07, 6.45) is 3.65. The second kappa shape index (κ2) is 9.61. The molecule has 0 bridgehead atoms. The quantitative estimate of drug-likeness (QED) is 0.860. The summed E-state index contributed by atoms with van der Waals surface area (Å²) in [6.45, 7) is 2.73. The van der Waals surface area contributed by atoms with E-state index in [4.69, 9.17) is 23.2 Å². The number of nitrogens with one attached hydrogen (secondary N) is 1. The number of nitrogens with zero attached hydrogens (tertiary/aromatic N) is 1. The number of halogens is 3. The van der Waals surface area contributed by atoms with Gasteiger partial charge in [0.15, 0.2) is 0 Å². The van der Waals surface area contributed by atoms with E-state index in [2.05, 4.69) is 5.32 Å². The molecule has 1 aliphatic heterocycles. The molecule has 1 aromatic carbocycles. The van der Waals surface area contributed by atoms with Gasteiger partial charge < -0.3 is 10.2 Å². The van der Waals surface area contributed by atoms with Crippen LogP contribution in [0.4, 0.5) is 0 Å². The van der Waals surface area contributed by atoms with Gasteiger partial charge >= 0.3 is 0 Å². The lowest BCUT2D eigenvalue weighted by atomic mass is 9.93. The maximum atomic E-state index is 12.4. The van der Waals surface area contributed by atoms with E-state index in [-0.39, 0.29) is 18.3 Å². The molecule has 1 heterocycles. The fourth-order valence-corrected chi connectivity index (χ4v) is 3.31. The summed E-state index contributed by atoms with van der Waals surface area (Å²) in [5, 5.41) is 4.32. The predicted molar refractivity (Wildman–Crippen MR) is 95.3 cm³/mol. The number of hydrogen-bond donors (Lipinski definition) is 1. The lowest BCUT2D eigenvalue weighted by Gasteiger charge is -2.32. The third-order valence-electron chi connectivity index (χ3n) is 4.16. The zero-order valence-corrected chi connectivity index (χ0v) is 15.1. The summed E-state index contributed by atoms with van der Waals surface area (Å²) in [7, 11) is 1.98. The highest BCUT2D eigenvalue weighted by atomic mass is 35.5. The number of carbonyl (C=O) groups excluding carboxylic acids is 1. The summed E-state index contributed by atoms with van der Waals surface area (Å²) in [4.78, 5) is 14.3. The Morgan fingerprint density at radius 2 is 1.86 bits per heavy atom. The Balaban J connectivity index is 0.00000242. The number of carbonyl (C=O) groups is 1. The number of likely N-dealkylation sites (tertiary alicyclic amines) is 1. The first-order valence-electron chi connectivity index (χ1n) is 7.47. The molecule has 1 aromatic rings. The Kier molecular flexibility index (Phi) is 8.55. The molecule has 1 amide bonds. The van der Waals surface area contributed by atoms with Crippen LogP contribution in [0.3, 0.4) is 0 Å². The maximum absolute atomic E-state index is 12.4. The molecular weight excluding hydrogens is 343 g/mol. The van der Waals surface area contributed by atoms with Crippen LogP contribution in [-0.4, -0.2) is 37.5 Å². The monoisotopic (exact) mass is 364 g/mol. The van der Waals surface area contributed by atoms with Gasteiger partial charge in [-0.15, -0.1) is 12.4 Å². The molecular formula is C16H23Cl3N2O. The van der Waals surface area contributed by atoms with E-state index in [9.17, 15) is 4.79 Å². The van der Waals surface area contributed by atoms with Crippen molar-refractivity contribution in [3.63, 3.8) is 0 Å². The number of hydrogen-bond acceptors (Lipinski definition) is 2. The van der Waals surface area contributed by atoms with E-state index in [0.29, 0.717) is 16.5 Å². The first-order chi connectivity index (χ1) is 10.1. The van der Waals surface area contributed by atoms with Crippen LogP contribution in [-0.2, 0) is 11.2 Å². The molecule has 0 spiro atoms. The number of benzene rings is 1. The van der Waals surface area contributed by atoms with Crippen molar-refractivity contribution in [1.82, 2.24) is 10.2 Å². The molecule has 6 heteroatoms. The normalized spacial score (nSPS) is 15.5. The van der Waals surface area contributed by atoms with E-state index in [1.165, 1.54) is 6.42 Å². The van der Waals surface area contributed by atoms with Crippen molar-refractivity contribution in [2.24, 2.45) is 5.92 Å². The smallest absolute Gasteiger partial charge is 0.227 e. The minimum absolute atomic E-state index is 0. The van der Waals surface area contributed by atoms with Crippen LogP contribution in [0.5, 0.6) is 0 Å². The molecule has 1 saturated heterocycles. The molecule has 1 aliphatic rings. The van der Waals surface area contributed by atoms with E-state index < -0.39 is 0 Å². The number of piperidine rings is 1. The highest BCUT2D eigenvalue weighted by Gasteiger charge is 2.23. The maximum Gasteiger partial charge on any atom is 0.227 e. The molecule has 0 atom stereocenters. The molecule has 3 nitrogen and oxygen atoms in total. The van der Waals surface area contributed by atoms with E-state index in [1.54, 1.807) is 18.2 Å². The van der Waals surface area contributed by atoms with E-state index >= 15 is 0 Å². The third-order valence-corrected chi connectivity index (χ3v) is 4.87. The zero-order valence-electron chi connectivity index (χ0n) is 12.8. The van der Waals surface area contributed by atoms with Crippen molar-refractivity contribution < 1.29 is 4.79 Å². The minimum Gasteiger partial charge on any atom is -0.342 e. The molecule has 1 N–H and O–H groups in total. The summed E-state index contributed by atoms with van der Waals surface area (Å²) in [6, 6.07) is 5.35. The van der Waals surface area contributed by atoms with E-state index in [0.717, 1.165) is 44.0 Å². The Labute approximate surface area is 148 Å². The Bertz CT molecular complexity index is 468. The fraction of sp³-hybridized carbons (Fsp3) is 0.562. The van der Waals surface area contributed by atoms with Crippen LogP contribution in [0.25, 0.3) is 0 Å². The molecule has 0 aliphatic carbocycles. The van der Waals surface area contributed by atoms with Crippen molar-refractivity contribution in [3.05, 3.63) is 33.8 Å². The third kappa shape index (κ3) is 5.31. The Morgan fingerprint density at radius 3 is 2.41 bits per heavy atom. The average molecular weight is 366 g/mol. The van der Waals surface area contributed by atoms with Gasteiger partial charge in [-0.1, -0.05) is 29.3 Å². The van der Waals surface area contributed by atoms with Gasteiger partial charge in [0.05, 0.1) is 6.42 Å². The van der Waals surface area contributed by atoms with Gasteiger partial charge in [-0.2, -0.15) is 0 Å². The van der Waals surface area contributed by atoms with Crippen molar-refractivity contribution in [2.75, 3.05) is 26.7 Å². The van der Waals surface area contributed by atoms with Crippen molar-refractivity contribution >= 4 is 41.5 Å². The Morgan fingerprint density at radius 1 is 1.27 bits per heavy atom. The second-order valence-corrected chi connectivity index (χ2v) is 6.41. The van der Waals surface area contributed by atoms with Crippen molar-refractivity contribution in [3.8, 4) is 0 Å². The lowest BCUT2D eigenvalue weighted by Crippen LogP contribution is -2.39. The van der Waals surface area contributed by atoms with Crippen LogP contribution in [0.15, 0.2) is 18.2 Å². The average Bonchev–Trinajstić information content (AvgIpc) is 2.49. The molecule has 22 heavy (non-hydrogen) atoms. The molecule has 0 saturated carbocycles. The number of amides is 1. The zero-order chi connectivity index (χ0) is 15.2. The van der Waals surface area contributed by atoms with Crippen LogP contribution in [0, 0.1) is 5.92 Å². The van der Waals surface area contributed by atoms with Crippen LogP contribution in [0.2, 0.25) is 10.0 Å². The van der Waals surface area contributed by atoms with Crippen molar-refractivity contribution in [1.29, 1.82) is 0 Å². The van der Waals surface area contributed by atoms with Gasteiger partial charge in [0.2, 0.25) is 5.91 Å². The van der Waals surface area contributed by atoms with Gasteiger partial charge in [-0.3, -0.25) is 4.79 Å². The predicted octanol–water partition coefficient (Wildman–Crippen LogP) is 3.81. The highest BCUT2D eigenvalue weighted by Crippen LogP contribution is 2.26. The molecule has 0 radical (unpaired) electrons. The highest BCUT2D eigenvalue weighted by molar-refractivity contribution is 6.36. The molecule has 1 fully saturated rings. The largest absolute Gasteiger partial charge is 0.342 e. The SMILES string of the molecule is CNCCC1CCN(C(=O)Cc2c(Cl)cccc2Cl)CC1.Cl. The van der Waals surface area contributed by atoms with Crippen LogP contribution >= 0.6 is 35.6 Å². The second-order valence-electron chi connectivity index (χ2n) is 5.59. The Hall–Kier alpha value is -0.480. The number of rotatable bonds is 5. The van der Waals surface area contributed by atoms with Gasteiger partial charge in [0.25, 0.3) is 0 Å². The van der Waals surface area contributed by atoms with Crippen molar-refractivity contribution in [2.45, 2.75) is 25.7 Å². The van der Waals surface area contributed by atoms with Gasteiger partial charge in [0.1, 0.15) is 0 Å². The fourth-order valence-electron chi connectivity index (χ4n) is 2.78. The summed E-state index contributed by atoms with van der Waals surface area (Å²) >= 11 is 12.3. The summed E-state index contributed by atoms with van der Waals surface area (Å²) in [5.74, 6) is 0.850. The molecule has 124 valence electrons. The van der Waals surface area contributed by atoms with Gasteiger partial charge in [-0.05, 0) is 56.5 Å². The molecule has 0 aromatic heterocycles. The standard InChI is InChI=1S/C16H22Cl2N2O.ClH/c1-19-8-5-12-6-9-20(10-7-12)16(21)11-13-14(17)3-2-4-15(13)18;/h2-4,12,19H,5-11H2,1H3;1H. The van der Waals surface area contributed by atoms with Crippen LogP contribution in [0.1, 0.15) is 24.8 Å². The summed E-state index contributed by atoms with van der Waals surface area (Å²) < 4.78 is 0. The molecule has 0 unspecified atom stereocenters. The first-order valence-corrected chi connectivity index (χ1v) is 8.22. The molecule has 2 rings (SSSR count). The summed E-state index contributed by atoms with van der Waals surface area (Å²) in [5.41, 5.74) is 0.739. The minimum atomic E-state index is 0. The lowest BCUT2D eigenvalue weighted by molar-refractivity contribution is -0.131. The first kappa shape index (κ1) is 19.6. The topological polar surface area (TPSA) is 32.3 Å². The van der Waals surface area contributed by atoms with Gasteiger partial charge in [0, 0.05) is 23.1 Å². The van der Waals surface area contributed by atoms with E-state index in [1.807, 2.05) is 11.9 Å². The van der Waals surface area contributed by atoms with Gasteiger partial charge in [-0.25, -0.2) is 0 Å². The van der Waals surface area contributed by atoms with Crippen LogP contribution < -0.4 is 5.32 Å².